The Morgan fingerprint density at radius 2 is 1.68 bits per heavy atom. The van der Waals surface area contributed by atoms with Gasteiger partial charge in [0.1, 0.15) is 5.75 Å². The topological polar surface area (TPSA) is 59.0 Å². The average Bonchev–Trinajstić information content (AvgIpc) is 2.73. The first-order valence-corrected chi connectivity index (χ1v) is 11.5. The molecule has 152 valence electrons. The minimum atomic E-state index is -3.59. The van der Waals surface area contributed by atoms with Crippen LogP contribution in [-0.4, -0.2) is 32.4 Å². The fourth-order valence-corrected chi connectivity index (χ4v) is 5.99. The van der Waals surface area contributed by atoms with Crippen LogP contribution in [0.4, 0.5) is 5.69 Å². The second-order valence-electron chi connectivity index (χ2n) is 7.49. The zero-order valence-electron chi connectivity index (χ0n) is 16.9. The predicted octanol–water partition coefficient (Wildman–Crippen LogP) is 4.71. The third-order valence-corrected chi connectivity index (χ3v) is 7.87. The van der Waals surface area contributed by atoms with E-state index >= 15 is 0 Å². The molecule has 1 aliphatic carbocycles. The summed E-state index contributed by atoms with van der Waals surface area (Å²) in [6.45, 7) is 0. The van der Waals surface area contributed by atoms with Crippen LogP contribution in [0.1, 0.15) is 43.5 Å². The van der Waals surface area contributed by atoms with Crippen molar-refractivity contribution in [1.29, 1.82) is 0 Å². The van der Waals surface area contributed by atoms with Gasteiger partial charge in [0, 0.05) is 30.7 Å². The van der Waals surface area contributed by atoms with E-state index in [0.717, 1.165) is 31.4 Å². The summed E-state index contributed by atoms with van der Waals surface area (Å²) in [6, 6.07) is 14.6. The van der Waals surface area contributed by atoms with Crippen molar-refractivity contribution in [3.8, 4) is 5.75 Å². The Bertz CT molecular complexity index is 816. The standard InChI is InChI=1S/C22H30NO4P/c1-23(2)17-13-15-19(16-14-17)28(25,27-18-9-5-4-6-10-18)22(24)20-11-7-8-12-21(20)26-3/h7-8,11-16,18,22,24H,4-6,9-10H2,1-3H3/t22-,28+/m0/s1. The largest absolute Gasteiger partial charge is 0.496 e. The first kappa shape index (κ1) is 20.9. The van der Waals surface area contributed by atoms with E-state index in [1.807, 2.05) is 37.2 Å². The Hall–Kier alpha value is -1.81. The Balaban J connectivity index is 2.01. The van der Waals surface area contributed by atoms with Crippen molar-refractivity contribution in [2.45, 2.75) is 44.1 Å². The second kappa shape index (κ2) is 9.13. The van der Waals surface area contributed by atoms with Crippen LogP contribution in [0.2, 0.25) is 0 Å². The van der Waals surface area contributed by atoms with Crippen molar-refractivity contribution in [2.24, 2.45) is 0 Å². The lowest BCUT2D eigenvalue weighted by Gasteiger charge is -2.31. The number of ether oxygens (including phenoxy) is 1. The number of aliphatic hydroxyl groups is 1. The number of anilines is 1. The van der Waals surface area contributed by atoms with Crippen molar-refractivity contribution >= 4 is 18.4 Å². The number of hydrogen-bond acceptors (Lipinski definition) is 5. The highest BCUT2D eigenvalue weighted by Gasteiger charge is 2.40. The summed E-state index contributed by atoms with van der Waals surface area (Å²) in [4.78, 5) is 1.98. The molecule has 2 atom stereocenters. The van der Waals surface area contributed by atoms with E-state index in [9.17, 15) is 9.67 Å². The minimum Gasteiger partial charge on any atom is -0.496 e. The van der Waals surface area contributed by atoms with Crippen molar-refractivity contribution in [3.63, 3.8) is 0 Å². The van der Waals surface area contributed by atoms with Crippen molar-refractivity contribution < 1.29 is 18.9 Å². The minimum absolute atomic E-state index is 0.0996. The number of hydrogen-bond donors (Lipinski definition) is 1. The Kier molecular flexibility index (Phi) is 6.82. The molecule has 0 amide bonds. The molecular formula is C22H30NO4P. The molecule has 28 heavy (non-hydrogen) atoms. The number of benzene rings is 2. The molecule has 0 bridgehead atoms. The fourth-order valence-electron chi connectivity index (χ4n) is 3.67. The van der Waals surface area contributed by atoms with Gasteiger partial charge in [0.05, 0.1) is 13.2 Å². The Labute approximate surface area is 167 Å². The van der Waals surface area contributed by atoms with Gasteiger partial charge in [0.2, 0.25) is 0 Å². The maximum Gasteiger partial charge on any atom is 0.264 e. The normalized spacial score (nSPS) is 18.3. The number of methoxy groups -OCH3 is 1. The van der Waals surface area contributed by atoms with Gasteiger partial charge in [-0.2, -0.15) is 0 Å². The van der Waals surface area contributed by atoms with E-state index in [-0.39, 0.29) is 6.10 Å². The SMILES string of the molecule is COc1ccccc1[C@@H](O)[P@](=O)(OC1CCCCC1)c1ccc(N(C)C)cc1. The van der Waals surface area contributed by atoms with Crippen molar-refractivity contribution in [1.82, 2.24) is 0 Å². The van der Waals surface area contributed by atoms with Crippen LogP contribution in [0.3, 0.4) is 0 Å². The number of aliphatic hydroxyl groups excluding tert-OH is 1. The van der Waals surface area contributed by atoms with Crippen LogP contribution in [0.15, 0.2) is 48.5 Å². The van der Waals surface area contributed by atoms with E-state index in [4.69, 9.17) is 9.26 Å². The van der Waals surface area contributed by atoms with Crippen LogP contribution < -0.4 is 14.9 Å². The highest BCUT2D eigenvalue weighted by Crippen LogP contribution is 2.60. The Morgan fingerprint density at radius 1 is 1.04 bits per heavy atom. The first-order valence-electron chi connectivity index (χ1n) is 9.83. The molecule has 1 fully saturated rings. The predicted molar refractivity (Wildman–Crippen MR) is 114 cm³/mol. The third kappa shape index (κ3) is 4.43. The molecule has 0 unspecified atom stereocenters. The maximum atomic E-state index is 14.2. The molecule has 6 heteroatoms. The van der Waals surface area contributed by atoms with E-state index in [0.29, 0.717) is 16.6 Å². The van der Waals surface area contributed by atoms with Crippen LogP contribution in [0.5, 0.6) is 5.75 Å². The summed E-state index contributed by atoms with van der Waals surface area (Å²) >= 11 is 0. The highest BCUT2D eigenvalue weighted by atomic mass is 31.2. The molecule has 0 heterocycles. The van der Waals surface area contributed by atoms with Crippen molar-refractivity contribution in [3.05, 3.63) is 54.1 Å². The van der Waals surface area contributed by atoms with Crippen LogP contribution >= 0.6 is 7.37 Å². The Morgan fingerprint density at radius 3 is 2.29 bits per heavy atom. The quantitative estimate of drug-likeness (QED) is 0.679. The van der Waals surface area contributed by atoms with Gasteiger partial charge in [-0.05, 0) is 43.2 Å². The van der Waals surface area contributed by atoms with Gasteiger partial charge in [-0.3, -0.25) is 4.57 Å². The molecule has 2 aromatic carbocycles. The summed E-state index contributed by atoms with van der Waals surface area (Å²) in [5.74, 6) is -0.775. The van der Waals surface area contributed by atoms with Gasteiger partial charge in [-0.15, -0.1) is 0 Å². The third-order valence-electron chi connectivity index (χ3n) is 5.32. The molecule has 0 radical (unpaired) electrons. The van der Waals surface area contributed by atoms with E-state index < -0.39 is 13.2 Å². The van der Waals surface area contributed by atoms with Gasteiger partial charge in [-0.1, -0.05) is 37.5 Å². The van der Waals surface area contributed by atoms with Gasteiger partial charge in [0.25, 0.3) is 7.37 Å². The van der Waals surface area contributed by atoms with Crippen molar-refractivity contribution in [2.75, 3.05) is 26.1 Å². The monoisotopic (exact) mass is 403 g/mol. The van der Waals surface area contributed by atoms with E-state index in [1.54, 1.807) is 37.4 Å². The summed E-state index contributed by atoms with van der Waals surface area (Å²) in [5.41, 5.74) is 1.49. The summed E-state index contributed by atoms with van der Waals surface area (Å²) in [6.07, 6.45) is 4.95. The van der Waals surface area contributed by atoms with E-state index in [1.165, 1.54) is 6.42 Å². The van der Waals surface area contributed by atoms with Gasteiger partial charge in [-0.25, -0.2) is 0 Å². The molecule has 1 N–H and O–H groups in total. The summed E-state index contributed by atoms with van der Waals surface area (Å²) in [5, 5.41) is 11.8. The average molecular weight is 403 g/mol. The van der Waals surface area contributed by atoms with Gasteiger partial charge in [0.15, 0.2) is 5.85 Å². The lowest BCUT2D eigenvalue weighted by molar-refractivity contribution is 0.136. The number of para-hydroxylation sites is 1. The van der Waals surface area contributed by atoms with Gasteiger partial charge < -0.3 is 19.3 Å². The number of rotatable bonds is 7. The van der Waals surface area contributed by atoms with Crippen LogP contribution in [0.25, 0.3) is 0 Å². The lowest BCUT2D eigenvalue weighted by Crippen LogP contribution is -2.22. The molecule has 1 aliphatic rings. The molecule has 0 aromatic heterocycles. The number of nitrogens with zero attached hydrogens (tertiary/aromatic N) is 1. The van der Waals surface area contributed by atoms with Gasteiger partial charge >= 0.3 is 0 Å². The smallest absolute Gasteiger partial charge is 0.264 e. The molecule has 1 saturated carbocycles. The molecule has 2 aromatic rings. The molecule has 0 saturated heterocycles. The zero-order valence-corrected chi connectivity index (χ0v) is 17.8. The second-order valence-corrected chi connectivity index (χ2v) is 9.90. The molecular weight excluding hydrogens is 373 g/mol. The fraction of sp³-hybridized carbons (Fsp3) is 0.455. The van der Waals surface area contributed by atoms with Crippen LogP contribution in [0, 0.1) is 0 Å². The lowest BCUT2D eigenvalue weighted by atomic mass is 9.98. The highest BCUT2D eigenvalue weighted by molar-refractivity contribution is 7.67. The molecule has 0 aliphatic heterocycles. The van der Waals surface area contributed by atoms with E-state index in [2.05, 4.69) is 0 Å². The van der Waals surface area contributed by atoms with Crippen LogP contribution in [-0.2, 0) is 9.09 Å². The molecule has 5 nitrogen and oxygen atoms in total. The summed E-state index contributed by atoms with van der Waals surface area (Å²) in [7, 11) is 1.87. The molecule has 3 rings (SSSR count). The zero-order chi connectivity index (χ0) is 20.1. The molecule has 0 spiro atoms. The summed E-state index contributed by atoms with van der Waals surface area (Å²) < 4.78 is 25.8. The first-order chi connectivity index (χ1) is 13.5. The maximum absolute atomic E-state index is 14.2.